The molecule has 0 heterocycles. The molecule has 0 radical (unpaired) electrons. The van der Waals surface area contributed by atoms with Crippen LogP contribution >= 0.6 is 9.24 Å². The Labute approximate surface area is 72.8 Å². The van der Waals surface area contributed by atoms with E-state index in [0.717, 1.165) is 12.8 Å². The summed E-state index contributed by atoms with van der Waals surface area (Å²) < 4.78 is 0. The topological polar surface area (TPSA) is 20.2 Å². The molecule has 0 aromatic heterocycles. The van der Waals surface area contributed by atoms with Crippen molar-refractivity contribution in [2.75, 3.05) is 0 Å². The zero-order valence-electron chi connectivity index (χ0n) is 7.93. The molecule has 0 aromatic rings. The summed E-state index contributed by atoms with van der Waals surface area (Å²) >= 11 is 0. The van der Waals surface area contributed by atoms with Gasteiger partial charge in [0.25, 0.3) is 0 Å². The quantitative estimate of drug-likeness (QED) is 0.504. The van der Waals surface area contributed by atoms with Gasteiger partial charge in [-0.05, 0) is 12.3 Å². The second kappa shape index (κ2) is 5.11. The highest BCUT2D eigenvalue weighted by Gasteiger charge is 2.23. The molecule has 1 nitrogen and oxygen atoms in total. The van der Waals surface area contributed by atoms with Crippen LogP contribution in [0.25, 0.3) is 0 Å². The summed E-state index contributed by atoms with van der Waals surface area (Å²) in [7, 11) is 2.56. The third-order valence-electron chi connectivity index (χ3n) is 2.18. The zero-order chi connectivity index (χ0) is 8.91. The van der Waals surface area contributed by atoms with Crippen molar-refractivity contribution in [1.82, 2.24) is 0 Å². The van der Waals surface area contributed by atoms with Crippen molar-refractivity contribution in [3.8, 4) is 0 Å². The first-order valence-corrected chi connectivity index (χ1v) is 5.09. The molecule has 0 bridgehead atoms. The van der Waals surface area contributed by atoms with Crippen LogP contribution < -0.4 is 0 Å². The Morgan fingerprint density at radius 3 is 2.27 bits per heavy atom. The Balaban J connectivity index is 3.55. The molecule has 0 saturated heterocycles. The lowest BCUT2D eigenvalue weighted by atomic mass is 10.00. The van der Waals surface area contributed by atoms with Crippen LogP contribution in [0.5, 0.6) is 0 Å². The van der Waals surface area contributed by atoms with Crippen molar-refractivity contribution in [1.29, 1.82) is 0 Å². The standard InChI is InChI=1S/C9H21OP/c1-4-5-6-7-9(10,11)8(2)3/h8,10H,4-7,11H2,1-3H3. The van der Waals surface area contributed by atoms with Crippen LogP contribution in [0.15, 0.2) is 0 Å². The highest BCUT2D eigenvalue weighted by molar-refractivity contribution is 7.18. The maximum absolute atomic E-state index is 9.78. The van der Waals surface area contributed by atoms with Gasteiger partial charge in [0.05, 0.1) is 5.34 Å². The first-order valence-electron chi connectivity index (χ1n) is 4.52. The monoisotopic (exact) mass is 176 g/mol. The SMILES string of the molecule is CCCCCC(O)(P)C(C)C. The summed E-state index contributed by atoms with van der Waals surface area (Å²) in [6.07, 6.45) is 4.49. The molecule has 0 rings (SSSR count). The number of aliphatic hydroxyl groups is 1. The summed E-state index contributed by atoms with van der Waals surface area (Å²) in [5.41, 5.74) is 0. The Kier molecular flexibility index (Phi) is 5.29. The zero-order valence-corrected chi connectivity index (χ0v) is 9.09. The summed E-state index contributed by atoms with van der Waals surface area (Å²) in [6.45, 7) is 6.29. The average molecular weight is 176 g/mol. The molecule has 0 aliphatic heterocycles. The molecule has 68 valence electrons. The van der Waals surface area contributed by atoms with E-state index in [-0.39, 0.29) is 0 Å². The Morgan fingerprint density at radius 2 is 1.91 bits per heavy atom. The number of hydrogen-bond acceptors (Lipinski definition) is 1. The van der Waals surface area contributed by atoms with Crippen LogP contribution in [0.1, 0.15) is 46.5 Å². The van der Waals surface area contributed by atoms with E-state index in [2.05, 4.69) is 30.0 Å². The highest BCUT2D eigenvalue weighted by atomic mass is 31.0. The van der Waals surface area contributed by atoms with Gasteiger partial charge >= 0.3 is 0 Å². The molecule has 0 fully saturated rings. The van der Waals surface area contributed by atoms with E-state index in [0.29, 0.717) is 5.92 Å². The fraction of sp³-hybridized carbons (Fsp3) is 1.00. The van der Waals surface area contributed by atoms with Crippen molar-refractivity contribution < 1.29 is 5.11 Å². The van der Waals surface area contributed by atoms with Gasteiger partial charge in [0, 0.05) is 0 Å². The van der Waals surface area contributed by atoms with E-state index in [1.807, 2.05) is 0 Å². The molecule has 0 aliphatic carbocycles. The normalized spacial score (nSPS) is 16.9. The highest BCUT2D eigenvalue weighted by Crippen LogP contribution is 2.30. The average Bonchev–Trinajstić information content (AvgIpc) is 1.88. The van der Waals surface area contributed by atoms with E-state index in [4.69, 9.17) is 0 Å². The lowest BCUT2D eigenvalue weighted by Gasteiger charge is -2.27. The van der Waals surface area contributed by atoms with E-state index in [1.165, 1.54) is 12.8 Å². The first kappa shape index (κ1) is 11.4. The molecule has 2 unspecified atom stereocenters. The minimum Gasteiger partial charge on any atom is -0.386 e. The van der Waals surface area contributed by atoms with Crippen LogP contribution in [-0.2, 0) is 0 Å². The first-order chi connectivity index (χ1) is 5.00. The van der Waals surface area contributed by atoms with Gasteiger partial charge in [0.15, 0.2) is 0 Å². The third-order valence-corrected chi connectivity index (χ3v) is 3.14. The Hall–Kier alpha value is 0.390. The largest absolute Gasteiger partial charge is 0.386 e. The van der Waals surface area contributed by atoms with Gasteiger partial charge in [-0.1, -0.05) is 40.0 Å². The van der Waals surface area contributed by atoms with Crippen LogP contribution in [0.3, 0.4) is 0 Å². The van der Waals surface area contributed by atoms with Crippen molar-refractivity contribution in [2.24, 2.45) is 5.92 Å². The summed E-state index contributed by atoms with van der Waals surface area (Å²) in [4.78, 5) is 0. The third kappa shape index (κ3) is 4.76. The molecule has 0 aliphatic rings. The van der Waals surface area contributed by atoms with Crippen molar-refractivity contribution in [3.05, 3.63) is 0 Å². The van der Waals surface area contributed by atoms with E-state index in [9.17, 15) is 5.11 Å². The van der Waals surface area contributed by atoms with E-state index >= 15 is 0 Å². The fourth-order valence-electron chi connectivity index (χ4n) is 0.947. The van der Waals surface area contributed by atoms with Gasteiger partial charge in [0.2, 0.25) is 0 Å². The minimum atomic E-state index is -0.533. The van der Waals surface area contributed by atoms with Crippen LogP contribution in [-0.4, -0.2) is 10.4 Å². The molecule has 0 amide bonds. The maximum atomic E-state index is 9.78. The van der Waals surface area contributed by atoms with Gasteiger partial charge in [-0.3, -0.25) is 0 Å². The number of unbranched alkanes of at least 4 members (excludes halogenated alkanes) is 2. The molecule has 1 N–H and O–H groups in total. The van der Waals surface area contributed by atoms with Crippen LogP contribution in [0.2, 0.25) is 0 Å². The molecule has 0 aromatic carbocycles. The van der Waals surface area contributed by atoms with Crippen molar-refractivity contribution in [3.63, 3.8) is 0 Å². The van der Waals surface area contributed by atoms with Gasteiger partial charge in [0.1, 0.15) is 0 Å². The predicted octanol–water partition coefficient (Wildman–Crippen LogP) is 2.79. The van der Waals surface area contributed by atoms with E-state index in [1.54, 1.807) is 0 Å². The summed E-state index contributed by atoms with van der Waals surface area (Å²) in [6, 6.07) is 0. The van der Waals surface area contributed by atoms with Gasteiger partial charge in [-0.15, -0.1) is 9.24 Å². The van der Waals surface area contributed by atoms with Crippen LogP contribution in [0.4, 0.5) is 0 Å². The Morgan fingerprint density at radius 1 is 1.36 bits per heavy atom. The molecule has 2 heteroatoms. The predicted molar refractivity (Wildman–Crippen MR) is 53.6 cm³/mol. The molecule has 2 atom stereocenters. The van der Waals surface area contributed by atoms with Crippen LogP contribution in [0, 0.1) is 5.92 Å². The second-order valence-electron chi connectivity index (χ2n) is 3.60. The summed E-state index contributed by atoms with van der Waals surface area (Å²) in [5, 5.41) is 9.25. The van der Waals surface area contributed by atoms with Gasteiger partial charge < -0.3 is 5.11 Å². The van der Waals surface area contributed by atoms with E-state index < -0.39 is 5.34 Å². The van der Waals surface area contributed by atoms with Crippen molar-refractivity contribution >= 4 is 9.24 Å². The maximum Gasteiger partial charge on any atom is 0.0801 e. The Bertz CT molecular complexity index is 99.7. The number of rotatable bonds is 5. The molecule has 0 spiro atoms. The molecular formula is C9H21OP. The minimum absolute atomic E-state index is 0.337. The summed E-state index contributed by atoms with van der Waals surface area (Å²) in [5.74, 6) is 0.337. The molecule has 11 heavy (non-hydrogen) atoms. The smallest absolute Gasteiger partial charge is 0.0801 e. The second-order valence-corrected chi connectivity index (χ2v) is 4.60. The lowest BCUT2D eigenvalue weighted by molar-refractivity contribution is 0.0753. The van der Waals surface area contributed by atoms with Crippen molar-refractivity contribution in [2.45, 2.75) is 51.8 Å². The number of hydrogen-bond donors (Lipinski definition) is 1. The molecular weight excluding hydrogens is 155 g/mol. The fourth-order valence-corrected chi connectivity index (χ4v) is 1.15. The van der Waals surface area contributed by atoms with Gasteiger partial charge in [-0.2, -0.15) is 0 Å². The molecule has 0 saturated carbocycles. The van der Waals surface area contributed by atoms with Gasteiger partial charge in [-0.25, -0.2) is 0 Å². The lowest BCUT2D eigenvalue weighted by Crippen LogP contribution is -2.26.